The van der Waals surface area contributed by atoms with E-state index < -0.39 is 10.2 Å². The van der Waals surface area contributed by atoms with Gasteiger partial charge in [0, 0.05) is 31.1 Å². The van der Waals surface area contributed by atoms with E-state index in [1.165, 1.54) is 4.31 Å². The first-order chi connectivity index (χ1) is 10.8. The monoisotopic (exact) mass is 361 g/mol. The van der Waals surface area contributed by atoms with E-state index in [9.17, 15) is 13.2 Å². The minimum atomic E-state index is -3.70. The zero-order valence-corrected chi connectivity index (χ0v) is 13.7. The van der Waals surface area contributed by atoms with Crippen molar-refractivity contribution < 1.29 is 22.7 Å². The smallest absolute Gasteiger partial charge is 0.276 e. The molecule has 2 heterocycles. The van der Waals surface area contributed by atoms with Crippen molar-refractivity contribution in [2.45, 2.75) is 12.8 Å². The van der Waals surface area contributed by atoms with Crippen molar-refractivity contribution in [3.8, 4) is 11.5 Å². The molecule has 126 valence electrons. The van der Waals surface area contributed by atoms with Gasteiger partial charge in [-0.15, -0.1) is 0 Å². The van der Waals surface area contributed by atoms with E-state index in [1.54, 1.807) is 12.1 Å². The van der Waals surface area contributed by atoms with E-state index in [4.69, 9.17) is 26.2 Å². The second kappa shape index (κ2) is 6.16. The van der Waals surface area contributed by atoms with Gasteiger partial charge in [-0.3, -0.25) is 4.79 Å². The third-order valence-corrected chi connectivity index (χ3v) is 5.30. The van der Waals surface area contributed by atoms with Crippen LogP contribution in [-0.2, 0) is 15.0 Å². The summed E-state index contributed by atoms with van der Waals surface area (Å²) in [5.41, 5.74) is 0.440. The lowest BCUT2D eigenvalue weighted by molar-refractivity contribution is -0.120. The number of hydrogen-bond acceptors (Lipinski definition) is 5. The standard InChI is InChI=1S/C13H16ClN3O5S/c14-9-5-11-12(22-7-21-11)6-10(9)16-13(18)8-1-3-17(4-2-8)23(15,19)20/h5-6,8H,1-4,7H2,(H,16,18)(H2,15,19,20). The van der Waals surface area contributed by atoms with Crippen molar-refractivity contribution in [2.24, 2.45) is 11.1 Å². The molecule has 8 nitrogen and oxygen atoms in total. The Balaban J connectivity index is 1.64. The first kappa shape index (κ1) is 16.3. The molecule has 1 aromatic carbocycles. The lowest BCUT2D eigenvalue weighted by atomic mass is 9.97. The number of benzene rings is 1. The molecule has 0 unspecified atom stereocenters. The van der Waals surface area contributed by atoms with Crippen molar-refractivity contribution in [1.29, 1.82) is 0 Å². The fourth-order valence-electron chi connectivity index (χ4n) is 2.62. The number of hydrogen-bond donors (Lipinski definition) is 2. The summed E-state index contributed by atoms with van der Waals surface area (Å²) in [6, 6.07) is 3.20. The van der Waals surface area contributed by atoms with Crippen molar-refractivity contribution in [3.63, 3.8) is 0 Å². The van der Waals surface area contributed by atoms with Crippen LogP contribution in [0.4, 0.5) is 5.69 Å². The number of carbonyl (C=O) groups is 1. The predicted molar refractivity (Wildman–Crippen MR) is 83.6 cm³/mol. The van der Waals surface area contributed by atoms with Crippen LogP contribution in [0.1, 0.15) is 12.8 Å². The van der Waals surface area contributed by atoms with Crippen LogP contribution in [0.15, 0.2) is 12.1 Å². The fourth-order valence-corrected chi connectivity index (χ4v) is 3.54. The van der Waals surface area contributed by atoms with Crippen molar-refractivity contribution in [3.05, 3.63) is 17.2 Å². The Labute approximate surface area is 138 Å². The Morgan fingerprint density at radius 3 is 2.48 bits per heavy atom. The quantitative estimate of drug-likeness (QED) is 0.831. The molecule has 3 rings (SSSR count). The fraction of sp³-hybridized carbons (Fsp3) is 0.462. The number of piperidine rings is 1. The Bertz CT molecular complexity index is 731. The molecular formula is C13H16ClN3O5S. The second-order valence-corrected chi connectivity index (χ2v) is 7.35. The Morgan fingerprint density at radius 1 is 1.26 bits per heavy atom. The summed E-state index contributed by atoms with van der Waals surface area (Å²) in [4.78, 5) is 12.3. The van der Waals surface area contributed by atoms with Crippen LogP contribution in [0.5, 0.6) is 11.5 Å². The van der Waals surface area contributed by atoms with E-state index >= 15 is 0 Å². The molecule has 23 heavy (non-hydrogen) atoms. The molecule has 2 aliphatic rings. The first-order valence-corrected chi connectivity index (χ1v) is 8.90. The van der Waals surface area contributed by atoms with E-state index in [2.05, 4.69) is 5.32 Å². The molecule has 2 aliphatic heterocycles. The molecule has 1 amide bonds. The average Bonchev–Trinajstić information content (AvgIpc) is 2.94. The number of carbonyl (C=O) groups excluding carboxylic acids is 1. The summed E-state index contributed by atoms with van der Waals surface area (Å²) < 4.78 is 34.2. The van der Waals surface area contributed by atoms with Crippen LogP contribution in [0.2, 0.25) is 5.02 Å². The molecule has 0 aliphatic carbocycles. The van der Waals surface area contributed by atoms with Gasteiger partial charge in [-0.05, 0) is 12.8 Å². The van der Waals surface area contributed by atoms with Crippen molar-refractivity contribution in [1.82, 2.24) is 4.31 Å². The van der Waals surface area contributed by atoms with Gasteiger partial charge in [0.2, 0.25) is 12.7 Å². The molecule has 0 radical (unpaired) electrons. The SMILES string of the molecule is NS(=O)(=O)N1CCC(C(=O)Nc2cc3c(cc2Cl)OCO3)CC1. The van der Waals surface area contributed by atoms with Crippen LogP contribution in [0.3, 0.4) is 0 Å². The molecule has 0 spiro atoms. The van der Waals surface area contributed by atoms with Crippen molar-refractivity contribution in [2.75, 3.05) is 25.2 Å². The van der Waals surface area contributed by atoms with E-state index in [1.807, 2.05) is 0 Å². The number of nitrogens with two attached hydrogens (primary N) is 1. The van der Waals surface area contributed by atoms with Gasteiger partial charge in [0.15, 0.2) is 11.5 Å². The number of fused-ring (bicyclic) bond motifs is 1. The number of rotatable bonds is 3. The summed E-state index contributed by atoms with van der Waals surface area (Å²) in [6.07, 6.45) is 0.814. The molecule has 1 aromatic rings. The molecule has 10 heteroatoms. The Morgan fingerprint density at radius 2 is 1.87 bits per heavy atom. The maximum atomic E-state index is 12.3. The number of anilines is 1. The highest BCUT2D eigenvalue weighted by atomic mass is 35.5. The Kier molecular flexibility index (Phi) is 4.37. The van der Waals surface area contributed by atoms with Gasteiger partial charge in [0.25, 0.3) is 10.2 Å². The third-order valence-electron chi connectivity index (χ3n) is 3.90. The zero-order valence-electron chi connectivity index (χ0n) is 12.1. The third kappa shape index (κ3) is 3.52. The van der Waals surface area contributed by atoms with Crippen LogP contribution in [-0.4, -0.2) is 38.5 Å². The summed E-state index contributed by atoms with van der Waals surface area (Å²) >= 11 is 6.12. The Hall–Kier alpha value is -1.55. The largest absolute Gasteiger partial charge is 0.454 e. The molecule has 1 saturated heterocycles. The number of nitrogens with zero attached hydrogens (tertiary/aromatic N) is 1. The van der Waals surface area contributed by atoms with Crippen LogP contribution in [0.25, 0.3) is 0 Å². The number of halogens is 1. The van der Waals surface area contributed by atoms with E-state index in [0.717, 1.165) is 0 Å². The van der Waals surface area contributed by atoms with Crippen LogP contribution >= 0.6 is 11.6 Å². The van der Waals surface area contributed by atoms with Gasteiger partial charge in [-0.1, -0.05) is 11.6 Å². The molecule has 1 fully saturated rings. The van der Waals surface area contributed by atoms with Crippen LogP contribution in [0, 0.1) is 5.92 Å². The van der Waals surface area contributed by atoms with Gasteiger partial charge in [-0.25, -0.2) is 5.14 Å². The van der Waals surface area contributed by atoms with E-state index in [0.29, 0.717) is 35.1 Å². The van der Waals surface area contributed by atoms with Gasteiger partial charge >= 0.3 is 0 Å². The maximum Gasteiger partial charge on any atom is 0.276 e. The summed E-state index contributed by atoms with van der Waals surface area (Å²) in [5.74, 6) is 0.553. The van der Waals surface area contributed by atoms with Crippen LogP contribution < -0.4 is 19.9 Å². The number of amides is 1. The topological polar surface area (TPSA) is 111 Å². The summed E-state index contributed by atoms with van der Waals surface area (Å²) in [6.45, 7) is 0.576. The predicted octanol–water partition coefficient (Wildman–Crippen LogP) is 0.923. The highest BCUT2D eigenvalue weighted by Crippen LogP contribution is 2.39. The van der Waals surface area contributed by atoms with Gasteiger partial charge in [0.1, 0.15) is 0 Å². The molecule has 3 N–H and O–H groups in total. The average molecular weight is 362 g/mol. The molecule has 0 bridgehead atoms. The van der Waals surface area contributed by atoms with Gasteiger partial charge in [0.05, 0.1) is 10.7 Å². The number of ether oxygens (including phenoxy) is 2. The van der Waals surface area contributed by atoms with E-state index in [-0.39, 0.29) is 31.7 Å². The molecule has 0 atom stereocenters. The van der Waals surface area contributed by atoms with Gasteiger partial charge in [-0.2, -0.15) is 12.7 Å². The molecule has 0 aromatic heterocycles. The van der Waals surface area contributed by atoms with Gasteiger partial charge < -0.3 is 14.8 Å². The summed E-state index contributed by atoms with van der Waals surface area (Å²) in [7, 11) is -3.70. The van der Waals surface area contributed by atoms with Crippen molar-refractivity contribution >= 4 is 33.4 Å². The minimum Gasteiger partial charge on any atom is -0.454 e. The molecular weight excluding hydrogens is 346 g/mol. The second-order valence-electron chi connectivity index (χ2n) is 5.39. The minimum absolute atomic E-state index is 0.120. The maximum absolute atomic E-state index is 12.3. The zero-order chi connectivity index (χ0) is 16.6. The highest BCUT2D eigenvalue weighted by molar-refractivity contribution is 7.86. The summed E-state index contributed by atoms with van der Waals surface area (Å²) in [5, 5.41) is 8.19. The lowest BCUT2D eigenvalue weighted by Crippen LogP contribution is -2.44. The molecule has 0 saturated carbocycles. The normalized spacial score (nSPS) is 18.9. The highest BCUT2D eigenvalue weighted by Gasteiger charge is 2.30. The lowest BCUT2D eigenvalue weighted by Gasteiger charge is -2.29. The first-order valence-electron chi connectivity index (χ1n) is 7.02. The number of nitrogens with one attached hydrogen (secondary N) is 1.